The van der Waals surface area contributed by atoms with Crippen molar-refractivity contribution in [1.29, 1.82) is 0 Å². The lowest BCUT2D eigenvalue weighted by atomic mass is 10.1. The van der Waals surface area contributed by atoms with Crippen molar-refractivity contribution in [2.24, 2.45) is 0 Å². The second-order valence-electron chi connectivity index (χ2n) is 5.63. The normalized spacial score (nSPS) is 11.8. The summed E-state index contributed by atoms with van der Waals surface area (Å²) in [6, 6.07) is 14.2. The average molecular weight is 352 g/mol. The Morgan fingerprint density at radius 2 is 1.69 bits per heavy atom. The molecule has 0 fully saturated rings. The summed E-state index contributed by atoms with van der Waals surface area (Å²) in [5.41, 5.74) is 0.882. The van der Waals surface area contributed by atoms with Crippen molar-refractivity contribution in [3.8, 4) is 22.9 Å². The van der Waals surface area contributed by atoms with Crippen LogP contribution in [0, 0.1) is 5.82 Å². The average Bonchev–Trinajstić information content (AvgIpc) is 2.69. The molecule has 0 unspecified atom stereocenters. The van der Waals surface area contributed by atoms with Crippen LogP contribution in [0.2, 0.25) is 0 Å². The number of ether oxygens (including phenoxy) is 1. The molecule has 2 aromatic carbocycles. The molecule has 0 saturated heterocycles. The molecule has 132 valence electrons. The molecule has 1 aromatic heterocycles. The smallest absolute Gasteiger partial charge is 0.209 e. The van der Waals surface area contributed by atoms with Crippen LogP contribution in [0.5, 0.6) is 11.5 Å². The van der Waals surface area contributed by atoms with E-state index in [2.05, 4.69) is 9.97 Å². The zero-order valence-electron chi connectivity index (χ0n) is 14.1. The number of rotatable bonds is 6. The maximum Gasteiger partial charge on any atom is 0.209 e. The molecule has 0 aliphatic carbocycles. The quantitative estimate of drug-likeness (QED) is 0.678. The van der Waals surface area contributed by atoms with E-state index in [4.69, 9.17) is 4.74 Å². The van der Waals surface area contributed by atoms with E-state index in [9.17, 15) is 14.3 Å². The minimum Gasteiger partial charge on any atom is -0.457 e. The lowest BCUT2D eigenvalue weighted by Crippen LogP contribution is -2.20. The number of Topliss-reactive ketones (excluding diaryl/α,β-unsaturated/α-hetero) is 1. The number of hydrogen-bond acceptors (Lipinski definition) is 5. The molecule has 1 N–H and O–H groups in total. The molecule has 3 aromatic rings. The fourth-order valence-corrected chi connectivity index (χ4v) is 2.30. The van der Waals surface area contributed by atoms with Crippen molar-refractivity contribution < 1.29 is 19.0 Å². The number of aromatic nitrogens is 2. The van der Waals surface area contributed by atoms with Gasteiger partial charge in [-0.15, -0.1) is 0 Å². The first kappa shape index (κ1) is 17.7. The molecule has 3 rings (SSSR count). The second-order valence-corrected chi connectivity index (χ2v) is 5.63. The van der Waals surface area contributed by atoms with Gasteiger partial charge in [-0.3, -0.25) is 4.79 Å². The second kappa shape index (κ2) is 7.84. The van der Waals surface area contributed by atoms with E-state index < -0.39 is 11.9 Å². The van der Waals surface area contributed by atoms with Crippen molar-refractivity contribution >= 4 is 5.78 Å². The molecule has 0 bridgehead atoms. The van der Waals surface area contributed by atoms with E-state index in [1.165, 1.54) is 24.4 Å². The van der Waals surface area contributed by atoms with E-state index in [1.54, 1.807) is 43.3 Å². The van der Waals surface area contributed by atoms with Gasteiger partial charge >= 0.3 is 0 Å². The van der Waals surface area contributed by atoms with Crippen molar-refractivity contribution in [3.63, 3.8) is 0 Å². The van der Waals surface area contributed by atoms with E-state index in [0.717, 1.165) is 0 Å². The van der Waals surface area contributed by atoms with Crippen LogP contribution in [-0.4, -0.2) is 27.0 Å². The largest absolute Gasteiger partial charge is 0.457 e. The molecule has 0 amide bonds. The first-order valence-electron chi connectivity index (χ1n) is 8.16. The highest BCUT2D eigenvalue weighted by Gasteiger charge is 2.17. The van der Waals surface area contributed by atoms with Crippen molar-refractivity contribution in [2.45, 2.75) is 19.4 Å². The third-order valence-corrected chi connectivity index (χ3v) is 3.76. The molecule has 0 aliphatic rings. The van der Waals surface area contributed by atoms with E-state index in [-0.39, 0.29) is 11.5 Å². The van der Waals surface area contributed by atoms with Crippen LogP contribution in [0.1, 0.15) is 23.8 Å². The Labute approximate surface area is 150 Å². The summed E-state index contributed by atoms with van der Waals surface area (Å²) in [7, 11) is 0. The zero-order valence-corrected chi connectivity index (χ0v) is 14.1. The molecular formula is C20H17FN2O3. The predicted molar refractivity (Wildman–Crippen MR) is 94.6 cm³/mol. The highest BCUT2D eigenvalue weighted by atomic mass is 19.1. The highest BCUT2D eigenvalue weighted by molar-refractivity contribution is 5.97. The maximum absolute atomic E-state index is 12.9. The standard InChI is InChI=1S/C20H17FN2O3/c1-2-18(24)19(25)17-11-12-22-20(23-17)13-3-7-15(8-4-13)26-16-9-5-14(21)6-10-16/h3-12,18,24H,2H2,1H3/t18-/m0/s1. The first-order chi connectivity index (χ1) is 12.6. The third-order valence-electron chi connectivity index (χ3n) is 3.76. The van der Waals surface area contributed by atoms with Crippen LogP contribution in [-0.2, 0) is 0 Å². The number of carbonyl (C=O) groups is 1. The van der Waals surface area contributed by atoms with Gasteiger partial charge in [-0.1, -0.05) is 6.92 Å². The molecular weight excluding hydrogens is 335 g/mol. The molecule has 0 spiro atoms. The van der Waals surface area contributed by atoms with Crippen LogP contribution in [0.25, 0.3) is 11.4 Å². The summed E-state index contributed by atoms with van der Waals surface area (Å²) >= 11 is 0. The minimum absolute atomic E-state index is 0.177. The Hall–Kier alpha value is -3.12. The Kier molecular flexibility index (Phi) is 5.34. The number of aliphatic hydroxyl groups is 1. The lowest BCUT2D eigenvalue weighted by molar-refractivity contribution is 0.0735. The van der Waals surface area contributed by atoms with Gasteiger partial charge in [-0.2, -0.15) is 0 Å². The SMILES string of the molecule is CC[C@H](O)C(=O)c1ccnc(-c2ccc(Oc3ccc(F)cc3)cc2)n1. The fourth-order valence-electron chi connectivity index (χ4n) is 2.30. The topological polar surface area (TPSA) is 72.3 Å². The van der Waals surface area contributed by atoms with E-state index >= 15 is 0 Å². The van der Waals surface area contributed by atoms with Gasteiger partial charge in [-0.05, 0) is 61.0 Å². The van der Waals surface area contributed by atoms with Crippen molar-refractivity contribution in [1.82, 2.24) is 9.97 Å². The van der Waals surface area contributed by atoms with Crippen LogP contribution < -0.4 is 4.74 Å². The summed E-state index contributed by atoms with van der Waals surface area (Å²) in [4.78, 5) is 20.5. The number of nitrogens with zero attached hydrogens (tertiary/aromatic N) is 2. The van der Waals surface area contributed by atoms with E-state index in [0.29, 0.717) is 29.3 Å². The van der Waals surface area contributed by atoms with Crippen molar-refractivity contribution in [3.05, 3.63) is 72.3 Å². The van der Waals surface area contributed by atoms with Gasteiger partial charge in [0.25, 0.3) is 0 Å². The van der Waals surface area contributed by atoms with Crippen molar-refractivity contribution in [2.75, 3.05) is 0 Å². The number of aliphatic hydroxyl groups excluding tert-OH is 1. The maximum atomic E-state index is 12.9. The third kappa shape index (κ3) is 4.10. The Bertz CT molecular complexity index is 896. The number of benzene rings is 2. The molecule has 1 atom stereocenters. The summed E-state index contributed by atoms with van der Waals surface area (Å²) in [5.74, 6) is 0.734. The summed E-state index contributed by atoms with van der Waals surface area (Å²) in [6.45, 7) is 1.73. The van der Waals surface area contributed by atoms with Gasteiger partial charge < -0.3 is 9.84 Å². The van der Waals surface area contributed by atoms with Gasteiger partial charge in [0, 0.05) is 11.8 Å². The van der Waals surface area contributed by atoms with Crippen LogP contribution in [0.4, 0.5) is 4.39 Å². The predicted octanol–water partition coefficient (Wildman–Crippen LogP) is 4.03. The first-order valence-corrected chi connectivity index (χ1v) is 8.16. The highest BCUT2D eigenvalue weighted by Crippen LogP contribution is 2.24. The number of ketones is 1. The van der Waals surface area contributed by atoms with Gasteiger partial charge in [0.15, 0.2) is 5.82 Å². The Morgan fingerprint density at radius 1 is 1.08 bits per heavy atom. The van der Waals surface area contributed by atoms with Crippen LogP contribution in [0.15, 0.2) is 60.8 Å². The summed E-state index contributed by atoms with van der Waals surface area (Å²) < 4.78 is 18.6. The number of carbonyl (C=O) groups excluding carboxylic acids is 1. The molecule has 0 saturated carbocycles. The zero-order chi connectivity index (χ0) is 18.5. The summed E-state index contributed by atoms with van der Waals surface area (Å²) in [6.07, 6.45) is 0.748. The van der Waals surface area contributed by atoms with Gasteiger partial charge in [0.2, 0.25) is 5.78 Å². The monoisotopic (exact) mass is 352 g/mol. The number of halogens is 1. The summed E-state index contributed by atoms with van der Waals surface area (Å²) in [5, 5.41) is 9.69. The van der Waals surface area contributed by atoms with Gasteiger partial charge in [-0.25, -0.2) is 14.4 Å². The van der Waals surface area contributed by atoms with Crippen LogP contribution in [0.3, 0.4) is 0 Å². The molecule has 5 nitrogen and oxygen atoms in total. The molecule has 1 heterocycles. The molecule has 0 radical (unpaired) electrons. The Morgan fingerprint density at radius 3 is 2.31 bits per heavy atom. The molecule has 6 heteroatoms. The van der Waals surface area contributed by atoms with Gasteiger partial charge in [0.1, 0.15) is 29.1 Å². The molecule has 26 heavy (non-hydrogen) atoms. The molecule has 0 aliphatic heterocycles. The fraction of sp³-hybridized carbons (Fsp3) is 0.150. The minimum atomic E-state index is -1.07. The van der Waals surface area contributed by atoms with Gasteiger partial charge in [0.05, 0.1) is 0 Å². The number of hydrogen-bond donors (Lipinski definition) is 1. The lowest BCUT2D eigenvalue weighted by Gasteiger charge is -2.08. The Balaban J connectivity index is 1.78. The van der Waals surface area contributed by atoms with E-state index in [1.807, 2.05) is 0 Å². The van der Waals surface area contributed by atoms with Crippen LogP contribution >= 0.6 is 0 Å².